The lowest BCUT2D eigenvalue weighted by Gasteiger charge is -2.18. The number of hydrogen-bond donors (Lipinski definition) is 0. The van der Waals surface area contributed by atoms with Crippen LogP contribution in [0.1, 0.15) is 17.5 Å². The van der Waals surface area contributed by atoms with Gasteiger partial charge in [-0.1, -0.05) is 48.5 Å². The van der Waals surface area contributed by atoms with Crippen LogP contribution in [-0.2, 0) is 13.0 Å². The smallest absolute Gasteiger partial charge is 0.0521 e. The van der Waals surface area contributed by atoms with Crippen molar-refractivity contribution in [3.63, 3.8) is 0 Å². The van der Waals surface area contributed by atoms with Crippen molar-refractivity contribution in [2.75, 3.05) is 0 Å². The molecule has 0 N–H and O–H groups in total. The van der Waals surface area contributed by atoms with Crippen molar-refractivity contribution in [3.05, 3.63) is 59.7 Å². The van der Waals surface area contributed by atoms with Crippen LogP contribution in [0, 0.1) is 6.92 Å². The number of nitrogens with zero attached hydrogens (tertiary/aromatic N) is 1. The highest BCUT2D eigenvalue weighted by Gasteiger charge is 2.20. The van der Waals surface area contributed by atoms with Gasteiger partial charge < -0.3 is 4.57 Å². The molecule has 0 aliphatic carbocycles. The number of benzene rings is 2. The maximum atomic E-state index is 2.53. The van der Waals surface area contributed by atoms with Crippen LogP contribution in [0.5, 0.6) is 0 Å². The number of aromatic nitrogens is 1. The third-order valence-corrected chi connectivity index (χ3v) is 4.29. The Balaban J connectivity index is 2.13. The van der Waals surface area contributed by atoms with Gasteiger partial charge in [0.25, 0.3) is 0 Å². The van der Waals surface area contributed by atoms with Crippen LogP contribution >= 0.6 is 0 Å². The first kappa shape index (κ1) is 10.9. The summed E-state index contributed by atoms with van der Waals surface area (Å²) >= 11 is 0. The van der Waals surface area contributed by atoms with Gasteiger partial charge in [0.2, 0.25) is 0 Å². The minimum Gasteiger partial charge on any atom is -0.340 e. The van der Waals surface area contributed by atoms with Crippen molar-refractivity contribution >= 4 is 10.9 Å². The number of para-hydroxylation sites is 1. The summed E-state index contributed by atoms with van der Waals surface area (Å²) in [5.74, 6) is 0. The molecule has 2 aromatic carbocycles. The normalized spacial score (nSPS) is 13.9. The average Bonchev–Trinajstić information content (AvgIpc) is 2.76. The molecule has 1 aromatic heterocycles. The van der Waals surface area contributed by atoms with Gasteiger partial charge in [0, 0.05) is 11.9 Å². The Hall–Kier alpha value is -2.02. The molecule has 1 heteroatoms. The van der Waals surface area contributed by atoms with Gasteiger partial charge in [0.05, 0.1) is 11.2 Å². The molecule has 94 valence electrons. The van der Waals surface area contributed by atoms with Crippen molar-refractivity contribution in [2.24, 2.45) is 0 Å². The summed E-state index contributed by atoms with van der Waals surface area (Å²) in [6.07, 6.45) is 2.47. The van der Waals surface area contributed by atoms with Gasteiger partial charge >= 0.3 is 0 Å². The van der Waals surface area contributed by atoms with Crippen molar-refractivity contribution in [3.8, 4) is 11.3 Å². The Labute approximate surface area is 113 Å². The molecule has 1 aliphatic heterocycles. The van der Waals surface area contributed by atoms with E-state index in [0.29, 0.717) is 0 Å². The zero-order valence-corrected chi connectivity index (χ0v) is 11.2. The third kappa shape index (κ3) is 1.48. The minimum atomic E-state index is 1.14. The third-order valence-electron chi connectivity index (χ3n) is 4.29. The highest BCUT2D eigenvalue weighted by atomic mass is 15.0. The molecule has 3 aromatic rings. The van der Waals surface area contributed by atoms with E-state index >= 15 is 0 Å². The molecule has 0 saturated heterocycles. The summed E-state index contributed by atoms with van der Waals surface area (Å²) in [6.45, 7) is 3.40. The molecule has 19 heavy (non-hydrogen) atoms. The summed E-state index contributed by atoms with van der Waals surface area (Å²) in [6, 6.07) is 17.5. The van der Waals surface area contributed by atoms with Crippen molar-refractivity contribution in [1.29, 1.82) is 0 Å². The van der Waals surface area contributed by atoms with E-state index in [1.54, 1.807) is 0 Å². The molecule has 0 amide bonds. The standard InChI is InChI=1S/C18H17N/c1-13-16-11-5-9-15-10-6-12-19(18(15)16)17(13)14-7-3-2-4-8-14/h2-5,7-9,11H,6,10,12H2,1H3. The van der Waals surface area contributed by atoms with E-state index in [1.165, 1.54) is 46.1 Å². The van der Waals surface area contributed by atoms with Gasteiger partial charge in [0.15, 0.2) is 0 Å². The van der Waals surface area contributed by atoms with E-state index in [2.05, 4.69) is 60.0 Å². The molecule has 0 unspecified atom stereocenters. The van der Waals surface area contributed by atoms with E-state index in [4.69, 9.17) is 0 Å². The highest BCUT2D eigenvalue weighted by molar-refractivity contribution is 5.94. The lowest BCUT2D eigenvalue weighted by atomic mass is 10.0. The predicted octanol–water partition coefficient (Wildman–Crippen LogP) is 4.56. The first-order chi connectivity index (χ1) is 9.36. The molecular formula is C18H17N. The summed E-state index contributed by atoms with van der Waals surface area (Å²) in [4.78, 5) is 0. The first-order valence-corrected chi connectivity index (χ1v) is 7.02. The molecule has 0 atom stereocenters. The van der Waals surface area contributed by atoms with Gasteiger partial charge in [-0.05, 0) is 36.5 Å². The van der Waals surface area contributed by atoms with Crippen LogP contribution in [0.3, 0.4) is 0 Å². The van der Waals surface area contributed by atoms with Gasteiger partial charge in [-0.2, -0.15) is 0 Å². The Morgan fingerprint density at radius 3 is 2.63 bits per heavy atom. The molecule has 0 fully saturated rings. The summed E-state index contributed by atoms with van der Waals surface area (Å²) < 4.78 is 2.53. The summed E-state index contributed by atoms with van der Waals surface area (Å²) in [5, 5.41) is 1.43. The van der Waals surface area contributed by atoms with Crippen LogP contribution in [0.2, 0.25) is 0 Å². The molecule has 0 bridgehead atoms. The van der Waals surface area contributed by atoms with Crippen LogP contribution in [0.25, 0.3) is 22.2 Å². The van der Waals surface area contributed by atoms with E-state index < -0.39 is 0 Å². The largest absolute Gasteiger partial charge is 0.340 e. The van der Waals surface area contributed by atoms with E-state index in [0.717, 1.165) is 6.54 Å². The summed E-state index contributed by atoms with van der Waals surface area (Å²) in [5.41, 5.74) is 7.14. The number of rotatable bonds is 1. The molecule has 2 heterocycles. The molecular weight excluding hydrogens is 230 g/mol. The lowest BCUT2D eigenvalue weighted by molar-refractivity contribution is 0.640. The minimum absolute atomic E-state index is 1.14. The fourth-order valence-electron chi connectivity index (χ4n) is 3.48. The van der Waals surface area contributed by atoms with E-state index in [1.807, 2.05) is 0 Å². The van der Waals surface area contributed by atoms with Crippen molar-refractivity contribution < 1.29 is 0 Å². The molecule has 1 aliphatic rings. The molecule has 0 radical (unpaired) electrons. The summed E-state index contributed by atoms with van der Waals surface area (Å²) in [7, 11) is 0. The monoisotopic (exact) mass is 247 g/mol. The topological polar surface area (TPSA) is 4.93 Å². The Morgan fingerprint density at radius 1 is 0.947 bits per heavy atom. The maximum absolute atomic E-state index is 2.53. The average molecular weight is 247 g/mol. The quantitative estimate of drug-likeness (QED) is 0.594. The number of hydrogen-bond acceptors (Lipinski definition) is 0. The van der Waals surface area contributed by atoms with Crippen molar-refractivity contribution in [1.82, 2.24) is 4.57 Å². The van der Waals surface area contributed by atoms with E-state index in [-0.39, 0.29) is 0 Å². The molecule has 0 saturated carbocycles. The Morgan fingerprint density at radius 2 is 1.79 bits per heavy atom. The lowest BCUT2D eigenvalue weighted by Crippen LogP contribution is -2.08. The maximum Gasteiger partial charge on any atom is 0.0521 e. The highest BCUT2D eigenvalue weighted by Crippen LogP contribution is 2.37. The fraction of sp³-hybridized carbons (Fsp3) is 0.222. The number of aryl methyl sites for hydroxylation is 3. The molecule has 0 spiro atoms. The predicted molar refractivity (Wildman–Crippen MR) is 80.4 cm³/mol. The Kier molecular flexibility index (Phi) is 2.28. The molecule has 4 rings (SSSR count). The van der Waals surface area contributed by atoms with Gasteiger partial charge in [0.1, 0.15) is 0 Å². The zero-order valence-electron chi connectivity index (χ0n) is 11.2. The fourth-order valence-corrected chi connectivity index (χ4v) is 3.48. The first-order valence-electron chi connectivity index (χ1n) is 7.02. The van der Waals surface area contributed by atoms with Crippen LogP contribution in [0.4, 0.5) is 0 Å². The second-order valence-corrected chi connectivity index (χ2v) is 5.41. The van der Waals surface area contributed by atoms with Crippen LogP contribution in [-0.4, -0.2) is 4.57 Å². The second kappa shape index (κ2) is 3.99. The molecule has 1 nitrogen and oxygen atoms in total. The van der Waals surface area contributed by atoms with Crippen molar-refractivity contribution in [2.45, 2.75) is 26.3 Å². The van der Waals surface area contributed by atoms with Gasteiger partial charge in [-0.3, -0.25) is 0 Å². The van der Waals surface area contributed by atoms with Crippen LogP contribution < -0.4 is 0 Å². The van der Waals surface area contributed by atoms with Gasteiger partial charge in [-0.25, -0.2) is 0 Å². The zero-order chi connectivity index (χ0) is 12.8. The van der Waals surface area contributed by atoms with E-state index in [9.17, 15) is 0 Å². The Bertz CT molecular complexity index is 750. The SMILES string of the molecule is Cc1c(-c2ccccc2)n2c3c(cccc13)CCC2. The van der Waals surface area contributed by atoms with Crippen LogP contribution in [0.15, 0.2) is 48.5 Å². The second-order valence-electron chi connectivity index (χ2n) is 5.41. The van der Waals surface area contributed by atoms with Gasteiger partial charge in [-0.15, -0.1) is 0 Å².